The maximum atomic E-state index is 12.2. The average molecular weight is 324 g/mol. The summed E-state index contributed by atoms with van der Waals surface area (Å²) in [5, 5.41) is 3.20. The van der Waals surface area contributed by atoms with Gasteiger partial charge in [0.2, 0.25) is 0 Å². The zero-order valence-electron chi connectivity index (χ0n) is 11.2. The van der Waals surface area contributed by atoms with Crippen molar-refractivity contribution < 1.29 is 0 Å². The van der Waals surface area contributed by atoms with E-state index in [-0.39, 0.29) is 5.56 Å². The maximum absolute atomic E-state index is 12.2. The second kappa shape index (κ2) is 5.27. The van der Waals surface area contributed by atoms with Crippen molar-refractivity contribution >= 4 is 44.8 Å². The number of fused-ring (bicyclic) bond motifs is 1. The van der Waals surface area contributed by atoms with Crippen molar-refractivity contribution in [3.63, 3.8) is 0 Å². The number of nitrogens with zero attached hydrogens (tertiary/aromatic N) is 4. The molecule has 3 aromatic heterocycles. The monoisotopic (exact) mass is 324 g/mol. The van der Waals surface area contributed by atoms with Crippen LogP contribution in [0.2, 0.25) is 0 Å². The van der Waals surface area contributed by atoms with Crippen molar-refractivity contribution in [2.75, 3.05) is 0 Å². The lowest BCUT2D eigenvalue weighted by Crippen LogP contribution is -2.18. The summed E-state index contributed by atoms with van der Waals surface area (Å²) in [4.78, 5) is 22.0. The molecule has 0 spiro atoms. The van der Waals surface area contributed by atoms with Gasteiger partial charge in [0.25, 0.3) is 5.56 Å². The first kappa shape index (κ1) is 13.7. The Labute approximate surface area is 127 Å². The van der Waals surface area contributed by atoms with Crippen LogP contribution in [0.25, 0.3) is 10.2 Å². The summed E-state index contributed by atoms with van der Waals surface area (Å²) in [5.74, 6) is 1.14. The Kier molecular flexibility index (Phi) is 3.61. The molecule has 3 heterocycles. The van der Waals surface area contributed by atoms with Gasteiger partial charge in [-0.2, -0.15) is 4.37 Å². The Morgan fingerprint density at radius 3 is 2.85 bits per heavy atom. The quantitative estimate of drug-likeness (QED) is 0.693. The van der Waals surface area contributed by atoms with Crippen LogP contribution in [0.1, 0.15) is 25.6 Å². The molecule has 0 amide bonds. The molecular formula is C12H12N4OS3. The highest BCUT2D eigenvalue weighted by Gasteiger charge is 2.14. The summed E-state index contributed by atoms with van der Waals surface area (Å²) in [6.45, 7) is 4.12. The Morgan fingerprint density at radius 1 is 1.35 bits per heavy atom. The van der Waals surface area contributed by atoms with Gasteiger partial charge in [0.1, 0.15) is 10.7 Å². The zero-order valence-corrected chi connectivity index (χ0v) is 13.6. The fourth-order valence-corrected chi connectivity index (χ4v) is 4.15. The third kappa shape index (κ3) is 2.38. The first-order valence-electron chi connectivity index (χ1n) is 6.02. The van der Waals surface area contributed by atoms with Crippen molar-refractivity contribution in [3.8, 4) is 0 Å². The van der Waals surface area contributed by atoms with E-state index in [2.05, 4.69) is 28.2 Å². The molecule has 104 valence electrons. The summed E-state index contributed by atoms with van der Waals surface area (Å²) in [5.41, 5.74) is -0.0210. The van der Waals surface area contributed by atoms with Crippen LogP contribution in [-0.2, 0) is 7.05 Å². The molecule has 3 rings (SSSR count). The molecule has 0 fully saturated rings. The molecule has 0 atom stereocenters. The van der Waals surface area contributed by atoms with E-state index in [1.165, 1.54) is 34.6 Å². The zero-order chi connectivity index (χ0) is 14.3. The van der Waals surface area contributed by atoms with Gasteiger partial charge >= 0.3 is 0 Å². The van der Waals surface area contributed by atoms with E-state index in [4.69, 9.17) is 0 Å². The van der Waals surface area contributed by atoms with Gasteiger partial charge < -0.3 is 0 Å². The van der Waals surface area contributed by atoms with E-state index in [0.29, 0.717) is 16.5 Å². The van der Waals surface area contributed by atoms with Gasteiger partial charge in [-0.05, 0) is 34.7 Å². The number of aromatic nitrogens is 4. The molecule has 0 bridgehead atoms. The molecule has 3 aromatic rings. The standard InChI is InChI=1S/C12H12N4OS3/c1-6(2)8-13-12(20-15-8)19-11-14-9-7(4-5-18-9)10(17)16(11)3/h4-6H,1-3H3. The first-order chi connectivity index (χ1) is 9.56. The molecule has 20 heavy (non-hydrogen) atoms. The predicted molar refractivity (Wildman–Crippen MR) is 83.0 cm³/mol. The molecule has 0 aliphatic carbocycles. The van der Waals surface area contributed by atoms with Gasteiger partial charge in [-0.25, -0.2) is 9.97 Å². The van der Waals surface area contributed by atoms with Crippen molar-refractivity contribution in [3.05, 3.63) is 27.6 Å². The van der Waals surface area contributed by atoms with Crippen LogP contribution in [-0.4, -0.2) is 18.9 Å². The van der Waals surface area contributed by atoms with Gasteiger partial charge in [0, 0.05) is 13.0 Å². The summed E-state index contributed by atoms with van der Waals surface area (Å²) in [7, 11) is 1.74. The predicted octanol–water partition coefficient (Wildman–Crippen LogP) is 3.12. The highest BCUT2D eigenvalue weighted by Crippen LogP contribution is 2.29. The Morgan fingerprint density at radius 2 is 2.15 bits per heavy atom. The average Bonchev–Trinajstić information content (AvgIpc) is 3.04. The lowest BCUT2D eigenvalue weighted by Gasteiger charge is -2.04. The molecule has 0 aliphatic heterocycles. The van der Waals surface area contributed by atoms with Crippen molar-refractivity contribution in [2.24, 2.45) is 7.05 Å². The molecule has 0 N–H and O–H groups in total. The van der Waals surface area contributed by atoms with Crippen LogP contribution < -0.4 is 5.56 Å². The van der Waals surface area contributed by atoms with E-state index in [1.54, 1.807) is 11.6 Å². The van der Waals surface area contributed by atoms with Gasteiger partial charge in [-0.15, -0.1) is 11.3 Å². The van der Waals surface area contributed by atoms with Crippen LogP contribution in [0.5, 0.6) is 0 Å². The Balaban J connectivity index is 2.01. The summed E-state index contributed by atoms with van der Waals surface area (Å²) < 4.78 is 6.69. The van der Waals surface area contributed by atoms with Gasteiger partial charge in [0.15, 0.2) is 9.50 Å². The SMILES string of the molecule is CC(C)c1nsc(Sc2nc3sccc3c(=O)n2C)n1. The lowest BCUT2D eigenvalue weighted by molar-refractivity contribution is 0.727. The number of hydrogen-bond donors (Lipinski definition) is 0. The maximum Gasteiger partial charge on any atom is 0.262 e. The first-order valence-corrected chi connectivity index (χ1v) is 8.49. The summed E-state index contributed by atoms with van der Waals surface area (Å²) >= 11 is 4.21. The molecule has 0 aliphatic rings. The second-order valence-corrected chi connectivity index (χ2v) is 7.43. The highest BCUT2D eigenvalue weighted by atomic mass is 32.2. The largest absolute Gasteiger partial charge is 0.290 e. The fourth-order valence-electron chi connectivity index (χ4n) is 1.65. The van der Waals surface area contributed by atoms with Gasteiger partial charge in [-0.1, -0.05) is 13.8 Å². The van der Waals surface area contributed by atoms with E-state index in [0.717, 1.165) is 15.0 Å². The molecule has 0 unspecified atom stereocenters. The molecule has 0 radical (unpaired) electrons. The smallest absolute Gasteiger partial charge is 0.262 e. The summed E-state index contributed by atoms with van der Waals surface area (Å²) in [6.07, 6.45) is 0. The van der Waals surface area contributed by atoms with E-state index >= 15 is 0 Å². The fraction of sp³-hybridized carbons (Fsp3) is 0.333. The van der Waals surface area contributed by atoms with Crippen LogP contribution in [0.3, 0.4) is 0 Å². The van der Waals surface area contributed by atoms with Crippen LogP contribution in [0.4, 0.5) is 0 Å². The topological polar surface area (TPSA) is 60.7 Å². The minimum atomic E-state index is -0.0210. The van der Waals surface area contributed by atoms with Crippen molar-refractivity contribution in [1.82, 2.24) is 18.9 Å². The van der Waals surface area contributed by atoms with Gasteiger partial charge in [-0.3, -0.25) is 9.36 Å². The third-order valence-corrected chi connectivity index (χ3v) is 5.40. The highest BCUT2D eigenvalue weighted by molar-refractivity contribution is 8.00. The van der Waals surface area contributed by atoms with Crippen LogP contribution in [0.15, 0.2) is 25.7 Å². The molecule has 8 heteroatoms. The number of hydrogen-bond acceptors (Lipinski definition) is 7. The van der Waals surface area contributed by atoms with E-state index < -0.39 is 0 Å². The Hall–Kier alpha value is -1.25. The molecule has 0 saturated carbocycles. The minimum Gasteiger partial charge on any atom is -0.290 e. The Bertz CT molecular complexity index is 818. The van der Waals surface area contributed by atoms with Crippen molar-refractivity contribution in [1.29, 1.82) is 0 Å². The van der Waals surface area contributed by atoms with Crippen LogP contribution >= 0.6 is 34.6 Å². The van der Waals surface area contributed by atoms with E-state index in [1.807, 2.05) is 11.4 Å². The summed E-state index contributed by atoms with van der Waals surface area (Å²) in [6, 6.07) is 1.81. The normalized spacial score (nSPS) is 11.6. The van der Waals surface area contributed by atoms with Gasteiger partial charge in [0.05, 0.1) is 5.39 Å². The van der Waals surface area contributed by atoms with Crippen molar-refractivity contribution in [2.45, 2.75) is 29.3 Å². The minimum absolute atomic E-state index is 0.0210. The lowest BCUT2D eigenvalue weighted by atomic mass is 10.2. The molecule has 0 saturated heterocycles. The molecule has 5 nitrogen and oxygen atoms in total. The molecule has 0 aromatic carbocycles. The number of thiophene rings is 1. The number of rotatable bonds is 3. The third-order valence-electron chi connectivity index (χ3n) is 2.78. The molecular weight excluding hydrogens is 312 g/mol. The van der Waals surface area contributed by atoms with Crippen LogP contribution in [0, 0.1) is 0 Å². The van der Waals surface area contributed by atoms with E-state index in [9.17, 15) is 4.79 Å². The second-order valence-electron chi connectivity index (χ2n) is 4.57.